The zero-order valence-electron chi connectivity index (χ0n) is 18.4. The first-order chi connectivity index (χ1) is 14.8. The number of aliphatic carboxylic acids is 1. The minimum atomic E-state index is -3.29. The van der Waals surface area contributed by atoms with Crippen LogP contribution in [0.15, 0.2) is 42.5 Å². The van der Waals surface area contributed by atoms with Crippen molar-refractivity contribution in [3.63, 3.8) is 0 Å². The molecule has 1 aromatic carbocycles. The van der Waals surface area contributed by atoms with Crippen LogP contribution in [0.3, 0.4) is 0 Å². The normalized spacial score (nSPS) is 19.3. The topological polar surface area (TPSA) is 57.6 Å². The van der Waals surface area contributed by atoms with E-state index in [9.17, 15) is 18.4 Å². The highest BCUT2D eigenvalue weighted by molar-refractivity contribution is 5.86. The number of carboxylic acid groups (broad SMARTS) is 1. The zero-order chi connectivity index (χ0) is 22.7. The van der Waals surface area contributed by atoms with Crippen molar-refractivity contribution in [1.82, 2.24) is 4.90 Å². The Kier molecular flexibility index (Phi) is 10.2. The van der Waals surface area contributed by atoms with Crippen molar-refractivity contribution >= 4 is 11.9 Å². The molecule has 1 aliphatic heterocycles. The summed E-state index contributed by atoms with van der Waals surface area (Å²) in [5, 5.41) is 8.65. The van der Waals surface area contributed by atoms with Crippen LogP contribution in [0.2, 0.25) is 0 Å². The third-order valence-corrected chi connectivity index (χ3v) is 5.88. The van der Waals surface area contributed by atoms with Crippen LogP contribution in [-0.2, 0) is 16.0 Å². The summed E-state index contributed by atoms with van der Waals surface area (Å²) in [5.41, 5.74) is 1.33. The largest absolute Gasteiger partial charge is 0.481 e. The van der Waals surface area contributed by atoms with Crippen molar-refractivity contribution in [3.8, 4) is 0 Å². The molecule has 0 saturated carbocycles. The van der Waals surface area contributed by atoms with E-state index < -0.39 is 30.3 Å². The molecular weight excluding hydrogens is 400 g/mol. The zero-order valence-corrected chi connectivity index (χ0v) is 18.4. The first kappa shape index (κ1) is 25.0. The number of amides is 1. The van der Waals surface area contributed by atoms with Crippen LogP contribution < -0.4 is 0 Å². The van der Waals surface area contributed by atoms with Gasteiger partial charge >= 0.3 is 11.9 Å². The number of carbonyl (C=O) groups excluding carboxylic acids is 1. The van der Waals surface area contributed by atoms with E-state index in [-0.39, 0.29) is 6.42 Å². The molecule has 1 heterocycles. The molecule has 172 valence electrons. The van der Waals surface area contributed by atoms with E-state index in [4.69, 9.17) is 5.11 Å². The Hall–Kier alpha value is -2.24. The van der Waals surface area contributed by atoms with Crippen molar-refractivity contribution in [1.29, 1.82) is 0 Å². The third kappa shape index (κ3) is 8.80. The number of benzene rings is 1. The van der Waals surface area contributed by atoms with Crippen LogP contribution in [0.1, 0.15) is 70.3 Å². The fraction of sp³-hybridized carbons (Fsp3) is 0.600. The van der Waals surface area contributed by atoms with Gasteiger partial charge in [-0.2, -0.15) is 8.78 Å². The molecule has 1 fully saturated rings. The smallest absolute Gasteiger partial charge is 0.327 e. The van der Waals surface area contributed by atoms with Gasteiger partial charge < -0.3 is 10.0 Å². The molecule has 0 aromatic heterocycles. The number of carboxylic acids is 1. The molecule has 1 saturated heterocycles. The molecule has 2 atom stereocenters. The summed E-state index contributed by atoms with van der Waals surface area (Å²) in [5.74, 6) is -4.74. The standard InChI is InChI=1S/C25H35F2NO3/c1-20(11-9-15-21-13-5-4-6-14-21)12-10-16-22-19-25(26,27)24(31)28(22)18-8-3-2-7-17-23(29)30/h4-6,10,13-14,16,20,22H,2-3,7-9,11-12,15,17-19H2,1H3,(H,29,30)/b16-10+. The van der Waals surface area contributed by atoms with Gasteiger partial charge in [0.05, 0.1) is 6.04 Å². The van der Waals surface area contributed by atoms with Gasteiger partial charge in [-0.05, 0) is 43.6 Å². The number of halogens is 2. The summed E-state index contributed by atoms with van der Waals surface area (Å²) in [7, 11) is 0. The summed E-state index contributed by atoms with van der Waals surface area (Å²) in [6, 6.07) is 9.80. The molecule has 2 rings (SSSR count). The minimum Gasteiger partial charge on any atom is -0.481 e. The summed E-state index contributed by atoms with van der Waals surface area (Å²) >= 11 is 0. The van der Waals surface area contributed by atoms with Crippen LogP contribution in [0.4, 0.5) is 8.78 Å². The molecule has 0 spiro atoms. The number of nitrogens with zero attached hydrogens (tertiary/aromatic N) is 1. The van der Waals surface area contributed by atoms with Gasteiger partial charge in [-0.25, -0.2) is 0 Å². The number of rotatable bonds is 14. The van der Waals surface area contributed by atoms with E-state index in [0.717, 1.165) is 38.5 Å². The van der Waals surface area contributed by atoms with Gasteiger partial charge in [0.1, 0.15) is 0 Å². The Balaban J connectivity index is 1.74. The third-order valence-electron chi connectivity index (χ3n) is 5.88. The summed E-state index contributed by atoms with van der Waals surface area (Å²) in [4.78, 5) is 23.9. The van der Waals surface area contributed by atoms with Crippen molar-refractivity contribution in [3.05, 3.63) is 48.0 Å². The van der Waals surface area contributed by atoms with Gasteiger partial charge in [-0.15, -0.1) is 0 Å². The lowest BCUT2D eigenvalue weighted by atomic mass is 9.98. The van der Waals surface area contributed by atoms with Crippen molar-refractivity contribution < 1.29 is 23.5 Å². The van der Waals surface area contributed by atoms with Gasteiger partial charge in [0.15, 0.2) is 0 Å². The van der Waals surface area contributed by atoms with Crippen LogP contribution in [0, 0.1) is 5.92 Å². The lowest BCUT2D eigenvalue weighted by molar-refractivity contribution is -0.148. The molecule has 1 N–H and O–H groups in total. The Labute approximate surface area is 184 Å². The molecule has 0 aliphatic carbocycles. The molecule has 6 heteroatoms. The van der Waals surface area contributed by atoms with Gasteiger partial charge in [0.2, 0.25) is 0 Å². The highest BCUT2D eigenvalue weighted by atomic mass is 19.3. The number of alkyl halides is 2. The molecular formula is C25H35F2NO3. The monoisotopic (exact) mass is 435 g/mol. The van der Waals surface area contributed by atoms with E-state index in [2.05, 4.69) is 19.1 Å². The summed E-state index contributed by atoms with van der Waals surface area (Å²) in [6.07, 6.45) is 10.1. The Morgan fingerprint density at radius 1 is 1.19 bits per heavy atom. The van der Waals surface area contributed by atoms with Gasteiger partial charge in [0, 0.05) is 19.4 Å². The second-order valence-electron chi connectivity index (χ2n) is 8.68. The molecule has 1 aromatic rings. The second-order valence-corrected chi connectivity index (χ2v) is 8.68. The molecule has 0 radical (unpaired) electrons. The van der Waals surface area contributed by atoms with E-state index in [1.807, 2.05) is 24.3 Å². The number of unbranched alkanes of at least 4 members (excludes halogenated alkanes) is 3. The minimum absolute atomic E-state index is 0.121. The maximum absolute atomic E-state index is 14.0. The van der Waals surface area contributed by atoms with E-state index in [1.165, 1.54) is 10.5 Å². The lowest BCUT2D eigenvalue weighted by Gasteiger charge is -2.21. The number of allylic oxidation sites excluding steroid dienone is 1. The molecule has 2 unspecified atom stereocenters. The average molecular weight is 436 g/mol. The second kappa shape index (κ2) is 12.6. The summed E-state index contributed by atoms with van der Waals surface area (Å²) < 4.78 is 28.0. The van der Waals surface area contributed by atoms with Gasteiger partial charge in [-0.3, -0.25) is 9.59 Å². The van der Waals surface area contributed by atoms with E-state index in [0.29, 0.717) is 25.3 Å². The Morgan fingerprint density at radius 3 is 2.61 bits per heavy atom. The summed E-state index contributed by atoms with van der Waals surface area (Å²) in [6.45, 7) is 2.46. The fourth-order valence-corrected chi connectivity index (χ4v) is 4.06. The predicted molar refractivity (Wildman–Crippen MR) is 118 cm³/mol. The molecule has 1 amide bonds. The van der Waals surface area contributed by atoms with Crippen LogP contribution in [0.25, 0.3) is 0 Å². The number of likely N-dealkylation sites (tertiary alicyclic amines) is 1. The van der Waals surface area contributed by atoms with Crippen molar-refractivity contribution in [2.75, 3.05) is 6.54 Å². The Morgan fingerprint density at radius 2 is 1.90 bits per heavy atom. The lowest BCUT2D eigenvalue weighted by Crippen LogP contribution is -2.36. The highest BCUT2D eigenvalue weighted by Crippen LogP contribution is 2.34. The first-order valence-corrected chi connectivity index (χ1v) is 11.4. The Bertz CT molecular complexity index is 721. The average Bonchev–Trinajstić information content (AvgIpc) is 2.94. The van der Waals surface area contributed by atoms with Crippen molar-refractivity contribution in [2.45, 2.75) is 83.1 Å². The van der Waals surface area contributed by atoms with Crippen LogP contribution in [-0.4, -0.2) is 40.4 Å². The van der Waals surface area contributed by atoms with Gasteiger partial charge in [-0.1, -0.05) is 68.7 Å². The first-order valence-electron chi connectivity index (χ1n) is 11.4. The van der Waals surface area contributed by atoms with Crippen LogP contribution >= 0.6 is 0 Å². The number of hydrogen-bond donors (Lipinski definition) is 1. The van der Waals surface area contributed by atoms with E-state index in [1.54, 1.807) is 6.08 Å². The maximum Gasteiger partial charge on any atom is 0.327 e. The molecule has 1 aliphatic rings. The van der Waals surface area contributed by atoms with Crippen LogP contribution in [0.5, 0.6) is 0 Å². The van der Waals surface area contributed by atoms with E-state index >= 15 is 0 Å². The quantitative estimate of drug-likeness (QED) is 0.294. The molecule has 31 heavy (non-hydrogen) atoms. The van der Waals surface area contributed by atoms with Gasteiger partial charge in [0.25, 0.3) is 5.91 Å². The predicted octanol–water partition coefficient (Wildman–Crippen LogP) is 5.86. The number of aryl methyl sites for hydroxylation is 1. The highest BCUT2D eigenvalue weighted by Gasteiger charge is 2.52. The maximum atomic E-state index is 14.0. The number of hydrogen-bond acceptors (Lipinski definition) is 2. The fourth-order valence-electron chi connectivity index (χ4n) is 4.06. The molecule has 0 bridgehead atoms. The number of carbonyl (C=O) groups is 2. The SMILES string of the molecule is CC(C/C=C/C1CC(F)(F)C(=O)N1CCCCCCC(=O)O)CCCc1ccccc1. The van der Waals surface area contributed by atoms with Crippen molar-refractivity contribution in [2.24, 2.45) is 5.92 Å². The molecule has 4 nitrogen and oxygen atoms in total.